The molecule has 12 heavy (non-hydrogen) atoms. The lowest BCUT2D eigenvalue weighted by Gasteiger charge is -1.99. The zero-order valence-corrected chi connectivity index (χ0v) is 8.79. The molecule has 0 amide bonds. The highest BCUT2D eigenvalue weighted by molar-refractivity contribution is 9.11. The van der Waals surface area contributed by atoms with E-state index in [-0.39, 0.29) is 15.9 Å². The molecule has 0 aliphatic carbocycles. The molecule has 0 heterocycles. The summed E-state index contributed by atoms with van der Waals surface area (Å²) < 4.78 is 0.502. The number of nitrogens with zero attached hydrogens (tertiary/aromatic N) is 1. The standard InChI is InChI=1S/C6H3Br2NO3/c7-3-1-2-4(9(11)12)5(8)6(3)10/h1-2,10H. The largest absolute Gasteiger partial charge is 0.505 e. The van der Waals surface area contributed by atoms with Crippen molar-refractivity contribution >= 4 is 37.5 Å². The molecule has 0 saturated heterocycles. The second-order valence-electron chi connectivity index (χ2n) is 1.99. The van der Waals surface area contributed by atoms with E-state index in [0.717, 1.165) is 0 Å². The molecule has 64 valence electrons. The van der Waals surface area contributed by atoms with Crippen LogP contribution in [0.4, 0.5) is 5.69 Å². The van der Waals surface area contributed by atoms with Gasteiger partial charge in [0.05, 0.1) is 9.40 Å². The number of nitro groups is 1. The van der Waals surface area contributed by atoms with Crippen molar-refractivity contribution in [1.82, 2.24) is 0 Å². The highest BCUT2D eigenvalue weighted by Gasteiger charge is 2.16. The van der Waals surface area contributed by atoms with Crippen LogP contribution in [0, 0.1) is 10.1 Å². The van der Waals surface area contributed by atoms with Gasteiger partial charge in [0.1, 0.15) is 4.47 Å². The zero-order valence-electron chi connectivity index (χ0n) is 5.62. The number of phenolic OH excluding ortho intramolecular Hbond substituents is 1. The van der Waals surface area contributed by atoms with Gasteiger partial charge in [0.25, 0.3) is 5.69 Å². The molecule has 0 saturated carbocycles. The predicted octanol–water partition coefficient (Wildman–Crippen LogP) is 2.83. The molecule has 1 aromatic carbocycles. The summed E-state index contributed by atoms with van der Waals surface area (Å²) in [6.07, 6.45) is 0. The fourth-order valence-electron chi connectivity index (χ4n) is 0.671. The molecule has 0 bridgehead atoms. The molecule has 4 nitrogen and oxygen atoms in total. The minimum Gasteiger partial charge on any atom is -0.505 e. The Kier molecular flexibility index (Phi) is 2.69. The zero-order chi connectivity index (χ0) is 9.30. The summed E-state index contributed by atoms with van der Waals surface area (Å²) in [5, 5.41) is 19.6. The van der Waals surface area contributed by atoms with E-state index in [1.165, 1.54) is 12.1 Å². The maximum absolute atomic E-state index is 10.3. The van der Waals surface area contributed by atoms with Crippen LogP contribution >= 0.6 is 31.9 Å². The molecule has 1 aromatic rings. The SMILES string of the molecule is O=[N+]([O-])c1ccc(Br)c(O)c1Br. The molecule has 0 unspecified atom stereocenters. The van der Waals surface area contributed by atoms with Crippen molar-refractivity contribution in [3.63, 3.8) is 0 Å². The van der Waals surface area contributed by atoms with E-state index in [1.54, 1.807) is 0 Å². The van der Waals surface area contributed by atoms with Gasteiger partial charge < -0.3 is 5.11 Å². The molecule has 0 aromatic heterocycles. The van der Waals surface area contributed by atoms with E-state index < -0.39 is 4.92 Å². The van der Waals surface area contributed by atoms with E-state index in [9.17, 15) is 15.2 Å². The number of hydrogen-bond donors (Lipinski definition) is 1. The first kappa shape index (κ1) is 9.47. The molecule has 1 N–H and O–H groups in total. The average Bonchev–Trinajstić information content (AvgIpc) is 2.00. The lowest BCUT2D eigenvalue weighted by Crippen LogP contribution is -1.89. The van der Waals surface area contributed by atoms with E-state index in [0.29, 0.717) is 4.47 Å². The van der Waals surface area contributed by atoms with Gasteiger partial charge in [-0.05, 0) is 37.9 Å². The van der Waals surface area contributed by atoms with Crippen LogP contribution in [-0.2, 0) is 0 Å². The quantitative estimate of drug-likeness (QED) is 0.640. The smallest absolute Gasteiger partial charge is 0.287 e. The summed E-state index contributed by atoms with van der Waals surface area (Å²) in [5.74, 6) is -0.163. The molecular weight excluding hydrogens is 294 g/mol. The minimum atomic E-state index is -0.573. The number of rotatable bonds is 1. The number of benzene rings is 1. The molecule has 0 spiro atoms. The van der Waals surface area contributed by atoms with Gasteiger partial charge in [0.15, 0.2) is 5.75 Å². The Balaban J connectivity index is 3.36. The van der Waals surface area contributed by atoms with Crippen LogP contribution in [0.5, 0.6) is 5.75 Å². The number of nitro benzene ring substituents is 1. The Bertz CT molecular complexity index is 340. The molecular formula is C6H3Br2NO3. The van der Waals surface area contributed by atoms with Crippen LogP contribution in [0.25, 0.3) is 0 Å². The molecule has 0 aliphatic rings. The van der Waals surface area contributed by atoms with Crippen molar-refractivity contribution in [3.8, 4) is 5.75 Å². The van der Waals surface area contributed by atoms with Gasteiger partial charge in [-0.25, -0.2) is 0 Å². The summed E-state index contributed by atoms with van der Waals surface area (Å²) in [6, 6.07) is 2.71. The summed E-state index contributed by atoms with van der Waals surface area (Å²) in [5.41, 5.74) is -0.157. The normalized spacial score (nSPS) is 9.83. The maximum atomic E-state index is 10.3. The lowest BCUT2D eigenvalue weighted by atomic mass is 10.3. The van der Waals surface area contributed by atoms with E-state index in [2.05, 4.69) is 31.9 Å². The van der Waals surface area contributed by atoms with Gasteiger partial charge >= 0.3 is 0 Å². The fraction of sp³-hybridized carbons (Fsp3) is 0. The summed E-state index contributed by atoms with van der Waals surface area (Å²) in [6.45, 7) is 0. The Labute approximate surface area is 84.6 Å². The van der Waals surface area contributed by atoms with Gasteiger partial charge in [-0.2, -0.15) is 0 Å². The van der Waals surface area contributed by atoms with Crippen molar-refractivity contribution in [1.29, 1.82) is 0 Å². The maximum Gasteiger partial charge on any atom is 0.287 e. The van der Waals surface area contributed by atoms with Crippen LogP contribution in [0.3, 0.4) is 0 Å². The van der Waals surface area contributed by atoms with Gasteiger partial charge in [-0.1, -0.05) is 0 Å². The van der Waals surface area contributed by atoms with E-state index in [4.69, 9.17) is 0 Å². The van der Waals surface area contributed by atoms with Crippen LogP contribution < -0.4 is 0 Å². The molecule has 0 radical (unpaired) electrons. The molecule has 0 aliphatic heterocycles. The van der Waals surface area contributed by atoms with E-state index >= 15 is 0 Å². The van der Waals surface area contributed by atoms with Crippen LogP contribution in [0.1, 0.15) is 0 Å². The van der Waals surface area contributed by atoms with E-state index in [1.807, 2.05) is 0 Å². The third kappa shape index (κ3) is 1.59. The first-order valence-corrected chi connectivity index (χ1v) is 4.44. The molecule has 1 rings (SSSR count). The minimum absolute atomic E-state index is 0.0851. The fourth-order valence-corrected chi connectivity index (χ4v) is 1.76. The molecule has 0 atom stereocenters. The third-order valence-corrected chi connectivity index (χ3v) is 2.66. The highest BCUT2D eigenvalue weighted by atomic mass is 79.9. The first-order chi connectivity index (χ1) is 5.54. The second kappa shape index (κ2) is 3.40. The summed E-state index contributed by atoms with van der Waals surface area (Å²) >= 11 is 5.94. The van der Waals surface area contributed by atoms with Gasteiger partial charge in [-0.15, -0.1) is 0 Å². The number of phenols is 1. The molecule has 0 fully saturated rings. The van der Waals surface area contributed by atoms with Crippen molar-refractivity contribution in [2.24, 2.45) is 0 Å². The summed E-state index contributed by atoms with van der Waals surface area (Å²) in [7, 11) is 0. The topological polar surface area (TPSA) is 63.4 Å². The Morgan fingerprint density at radius 1 is 1.42 bits per heavy atom. The average molecular weight is 297 g/mol. The monoisotopic (exact) mass is 295 g/mol. The Morgan fingerprint density at radius 3 is 2.50 bits per heavy atom. The van der Waals surface area contributed by atoms with Crippen molar-refractivity contribution in [2.75, 3.05) is 0 Å². The number of hydrogen-bond acceptors (Lipinski definition) is 3. The lowest BCUT2D eigenvalue weighted by molar-refractivity contribution is -0.385. The van der Waals surface area contributed by atoms with Crippen LogP contribution in [0.2, 0.25) is 0 Å². The van der Waals surface area contributed by atoms with Gasteiger partial charge in [0, 0.05) is 6.07 Å². The molecule has 6 heteroatoms. The van der Waals surface area contributed by atoms with Crippen LogP contribution in [0.15, 0.2) is 21.1 Å². The Hall–Kier alpha value is -0.620. The second-order valence-corrected chi connectivity index (χ2v) is 3.63. The number of halogens is 2. The van der Waals surface area contributed by atoms with Gasteiger partial charge in [0.2, 0.25) is 0 Å². The van der Waals surface area contributed by atoms with Crippen molar-refractivity contribution in [2.45, 2.75) is 0 Å². The highest BCUT2D eigenvalue weighted by Crippen LogP contribution is 2.38. The van der Waals surface area contributed by atoms with Crippen LogP contribution in [-0.4, -0.2) is 10.0 Å². The summed E-state index contributed by atoms with van der Waals surface area (Å²) in [4.78, 5) is 9.76. The van der Waals surface area contributed by atoms with Crippen molar-refractivity contribution < 1.29 is 10.0 Å². The first-order valence-electron chi connectivity index (χ1n) is 2.85. The predicted molar refractivity (Wildman–Crippen MR) is 50.2 cm³/mol. The Morgan fingerprint density at radius 2 is 2.00 bits per heavy atom. The number of aromatic hydroxyl groups is 1. The van der Waals surface area contributed by atoms with Crippen molar-refractivity contribution in [3.05, 3.63) is 31.2 Å². The third-order valence-electron chi connectivity index (χ3n) is 1.24. The van der Waals surface area contributed by atoms with Gasteiger partial charge in [-0.3, -0.25) is 10.1 Å².